The maximum atomic E-state index is 12.6. The summed E-state index contributed by atoms with van der Waals surface area (Å²) in [7, 11) is 2.08. The van der Waals surface area contributed by atoms with Crippen LogP contribution in [0.5, 0.6) is 0 Å². The molecule has 1 fully saturated rings. The predicted molar refractivity (Wildman–Crippen MR) is 75.2 cm³/mol. The van der Waals surface area contributed by atoms with Crippen LogP contribution < -0.4 is 5.32 Å². The van der Waals surface area contributed by atoms with E-state index < -0.39 is 0 Å². The van der Waals surface area contributed by atoms with E-state index in [9.17, 15) is 4.79 Å². The smallest absolute Gasteiger partial charge is 0.253 e. The summed E-state index contributed by atoms with van der Waals surface area (Å²) < 4.78 is 1.76. The second-order valence-electron chi connectivity index (χ2n) is 5.46. The van der Waals surface area contributed by atoms with E-state index in [2.05, 4.69) is 27.3 Å². The van der Waals surface area contributed by atoms with Gasteiger partial charge in [-0.3, -0.25) is 4.79 Å². The average molecular weight is 276 g/mol. The zero-order valence-corrected chi connectivity index (χ0v) is 12.2. The zero-order chi connectivity index (χ0) is 14.3. The molecule has 2 aliphatic rings. The molecule has 0 bridgehead atoms. The second kappa shape index (κ2) is 4.90. The molecule has 20 heavy (non-hydrogen) atoms. The number of likely N-dealkylation sites (N-methyl/N-ethyl adjacent to an activating group) is 1. The van der Waals surface area contributed by atoms with Gasteiger partial charge in [-0.25, -0.2) is 4.68 Å². The number of rotatable bonds is 1. The lowest BCUT2D eigenvalue weighted by Gasteiger charge is -2.34. The molecule has 3 heterocycles. The van der Waals surface area contributed by atoms with Crippen LogP contribution in [0.1, 0.15) is 12.7 Å². The normalized spacial score (nSPS) is 19.9. The molecule has 0 atom stereocenters. The van der Waals surface area contributed by atoms with Crippen LogP contribution in [0.25, 0.3) is 0 Å². The van der Waals surface area contributed by atoms with Crippen molar-refractivity contribution in [1.29, 1.82) is 0 Å². The van der Waals surface area contributed by atoms with E-state index >= 15 is 0 Å². The van der Waals surface area contributed by atoms with Gasteiger partial charge in [0.25, 0.3) is 5.91 Å². The highest BCUT2D eigenvalue weighted by Gasteiger charge is 2.27. The van der Waals surface area contributed by atoms with Crippen molar-refractivity contribution < 1.29 is 4.79 Å². The maximum Gasteiger partial charge on any atom is 0.253 e. The Labute approximate surface area is 118 Å². The topological polar surface area (TPSA) is 66.3 Å². The van der Waals surface area contributed by atoms with Gasteiger partial charge in [-0.15, -0.1) is 0 Å². The molecule has 0 aromatic carbocycles. The number of carbonyl (C=O) groups is 1. The second-order valence-corrected chi connectivity index (χ2v) is 5.46. The van der Waals surface area contributed by atoms with E-state index in [0.717, 1.165) is 43.4 Å². The van der Waals surface area contributed by atoms with Crippen molar-refractivity contribution in [2.24, 2.45) is 0 Å². The summed E-state index contributed by atoms with van der Waals surface area (Å²) in [5, 5.41) is 7.48. The maximum absolute atomic E-state index is 12.6. The third kappa shape index (κ3) is 2.29. The molecule has 1 saturated heterocycles. The number of nitrogens with zero attached hydrogens (tertiary/aromatic N) is 5. The summed E-state index contributed by atoms with van der Waals surface area (Å²) in [5.41, 5.74) is 1.67. The molecule has 0 saturated carbocycles. The molecular formula is C13H20N6O. The van der Waals surface area contributed by atoms with Crippen molar-refractivity contribution in [3.05, 3.63) is 17.1 Å². The number of anilines is 1. The molecular weight excluding hydrogens is 256 g/mol. The molecule has 1 aromatic heterocycles. The van der Waals surface area contributed by atoms with Crippen LogP contribution in [0.4, 0.5) is 5.95 Å². The highest BCUT2D eigenvalue weighted by Crippen LogP contribution is 2.21. The Bertz CT molecular complexity index is 567. The molecule has 3 rings (SSSR count). The lowest BCUT2D eigenvalue weighted by Crippen LogP contribution is -2.48. The molecule has 7 nitrogen and oxygen atoms in total. The van der Waals surface area contributed by atoms with Gasteiger partial charge in [-0.2, -0.15) is 10.1 Å². The Morgan fingerprint density at radius 3 is 2.60 bits per heavy atom. The minimum atomic E-state index is 0.113. The van der Waals surface area contributed by atoms with Gasteiger partial charge in [0.1, 0.15) is 5.82 Å². The van der Waals surface area contributed by atoms with Crippen molar-refractivity contribution in [3.63, 3.8) is 0 Å². The molecule has 0 aliphatic carbocycles. The van der Waals surface area contributed by atoms with Crippen molar-refractivity contribution >= 4 is 11.9 Å². The number of hydrogen-bond donors (Lipinski definition) is 1. The number of carbonyl (C=O) groups excluding carboxylic acids is 1. The molecule has 1 N–H and O–H groups in total. The van der Waals surface area contributed by atoms with Gasteiger partial charge < -0.3 is 15.1 Å². The summed E-state index contributed by atoms with van der Waals surface area (Å²) in [6.45, 7) is 7.71. The number of hydrogen-bond acceptors (Lipinski definition) is 5. The van der Waals surface area contributed by atoms with E-state index in [1.165, 1.54) is 0 Å². The summed E-state index contributed by atoms with van der Waals surface area (Å²) >= 11 is 0. The fourth-order valence-electron chi connectivity index (χ4n) is 2.60. The number of amides is 1. The number of nitrogens with one attached hydrogen (secondary N) is 1. The Morgan fingerprint density at radius 2 is 1.90 bits per heavy atom. The van der Waals surface area contributed by atoms with Gasteiger partial charge >= 0.3 is 0 Å². The number of aryl methyl sites for hydroxylation is 1. The largest absolute Gasteiger partial charge is 0.336 e. The van der Waals surface area contributed by atoms with Crippen molar-refractivity contribution in [3.8, 4) is 0 Å². The predicted octanol–water partition coefficient (Wildman–Crippen LogP) is 0.0600. The summed E-state index contributed by atoms with van der Waals surface area (Å²) in [6, 6.07) is 0. The Balaban J connectivity index is 1.77. The van der Waals surface area contributed by atoms with Gasteiger partial charge in [0.15, 0.2) is 0 Å². The van der Waals surface area contributed by atoms with Gasteiger partial charge in [0.05, 0.1) is 12.1 Å². The van der Waals surface area contributed by atoms with Crippen LogP contribution in [-0.4, -0.2) is 63.7 Å². The fourth-order valence-corrected chi connectivity index (χ4v) is 2.60. The van der Waals surface area contributed by atoms with Gasteiger partial charge in [0.2, 0.25) is 5.95 Å². The third-order valence-electron chi connectivity index (χ3n) is 3.89. The molecule has 2 aliphatic heterocycles. The number of fused-ring (bicyclic) bond motifs is 1. The van der Waals surface area contributed by atoms with Crippen LogP contribution in [0.3, 0.4) is 0 Å². The Kier molecular flexibility index (Phi) is 3.21. The molecule has 0 spiro atoms. The van der Waals surface area contributed by atoms with E-state index in [4.69, 9.17) is 0 Å². The van der Waals surface area contributed by atoms with Crippen LogP contribution >= 0.6 is 0 Å². The first kappa shape index (κ1) is 13.1. The molecule has 0 radical (unpaired) electrons. The summed E-state index contributed by atoms with van der Waals surface area (Å²) in [4.78, 5) is 21.1. The highest BCUT2D eigenvalue weighted by atomic mass is 16.2. The number of allylic oxidation sites excluding steroid dienone is 1. The summed E-state index contributed by atoms with van der Waals surface area (Å²) in [6.07, 6.45) is 0. The molecule has 0 unspecified atom stereocenters. The fraction of sp³-hybridized carbons (Fsp3) is 0.615. The van der Waals surface area contributed by atoms with Crippen molar-refractivity contribution in [2.45, 2.75) is 20.4 Å². The molecule has 1 aromatic rings. The first-order chi connectivity index (χ1) is 9.54. The van der Waals surface area contributed by atoms with Crippen molar-refractivity contribution in [1.82, 2.24) is 24.6 Å². The Hall–Kier alpha value is -1.89. The minimum absolute atomic E-state index is 0.113. The molecule has 108 valence electrons. The van der Waals surface area contributed by atoms with Crippen LogP contribution in [0.15, 0.2) is 11.3 Å². The van der Waals surface area contributed by atoms with Gasteiger partial charge in [-0.1, -0.05) is 0 Å². The van der Waals surface area contributed by atoms with E-state index in [0.29, 0.717) is 12.4 Å². The SMILES string of the molecule is CC1=C(C(=O)N2CCN(C)CC2)Cn2nc(C)nc2N1. The Morgan fingerprint density at radius 1 is 1.20 bits per heavy atom. The quantitative estimate of drug-likeness (QED) is 0.785. The van der Waals surface area contributed by atoms with Crippen LogP contribution in [0.2, 0.25) is 0 Å². The van der Waals surface area contributed by atoms with Crippen LogP contribution in [-0.2, 0) is 11.3 Å². The summed E-state index contributed by atoms with van der Waals surface area (Å²) in [5.74, 6) is 1.55. The third-order valence-corrected chi connectivity index (χ3v) is 3.89. The standard InChI is InChI=1S/C13H20N6O/c1-9-11(8-19-13(14-9)15-10(2)16-19)12(20)18-6-4-17(3)5-7-18/h4-8H2,1-3H3,(H,14,15,16). The minimum Gasteiger partial charge on any atom is -0.336 e. The first-order valence-corrected chi connectivity index (χ1v) is 6.90. The monoisotopic (exact) mass is 276 g/mol. The van der Waals surface area contributed by atoms with Gasteiger partial charge in [0, 0.05) is 31.9 Å². The van der Waals surface area contributed by atoms with Gasteiger partial charge in [-0.05, 0) is 20.9 Å². The highest BCUT2D eigenvalue weighted by molar-refractivity contribution is 5.95. The first-order valence-electron chi connectivity index (χ1n) is 6.90. The number of aromatic nitrogens is 3. The molecule has 1 amide bonds. The number of piperazine rings is 1. The zero-order valence-electron chi connectivity index (χ0n) is 12.2. The van der Waals surface area contributed by atoms with Crippen molar-refractivity contribution in [2.75, 3.05) is 38.5 Å². The van der Waals surface area contributed by atoms with E-state index in [1.807, 2.05) is 18.7 Å². The van der Waals surface area contributed by atoms with Crippen LogP contribution in [0, 0.1) is 6.92 Å². The van der Waals surface area contributed by atoms with E-state index in [1.54, 1.807) is 4.68 Å². The lowest BCUT2D eigenvalue weighted by molar-refractivity contribution is -0.129. The van der Waals surface area contributed by atoms with E-state index in [-0.39, 0.29) is 5.91 Å². The lowest BCUT2D eigenvalue weighted by atomic mass is 10.1. The molecule has 7 heteroatoms. The average Bonchev–Trinajstić information content (AvgIpc) is 2.77.